The van der Waals surface area contributed by atoms with Gasteiger partial charge in [-0.1, -0.05) is 6.92 Å². The van der Waals surface area contributed by atoms with E-state index in [1.165, 1.54) is 0 Å². The Bertz CT molecular complexity index is 661. The van der Waals surface area contributed by atoms with Crippen LogP contribution in [-0.2, 0) is 4.79 Å². The van der Waals surface area contributed by atoms with Crippen LogP contribution in [0.25, 0.3) is 0 Å². The van der Waals surface area contributed by atoms with Gasteiger partial charge in [-0.2, -0.15) is 0 Å². The molecule has 8 nitrogen and oxygen atoms in total. The third kappa shape index (κ3) is 4.05. The second-order valence-electron chi connectivity index (χ2n) is 5.67. The number of carbonyl (C=O) groups is 2. The van der Waals surface area contributed by atoms with Crippen molar-refractivity contribution in [3.05, 3.63) is 39.7 Å². The molecule has 1 aliphatic rings. The number of halogens is 1. The maximum atomic E-state index is 13.1. The van der Waals surface area contributed by atoms with Crippen LogP contribution < -0.4 is 5.32 Å². The monoisotopic (exact) mass is 339 g/mol. The Morgan fingerprint density at radius 2 is 2.12 bits per heavy atom. The molecule has 2 rings (SSSR count). The van der Waals surface area contributed by atoms with Crippen LogP contribution in [0.3, 0.4) is 0 Å². The molecule has 0 unspecified atom stereocenters. The van der Waals surface area contributed by atoms with Crippen LogP contribution in [0.2, 0.25) is 0 Å². The molecule has 1 aromatic rings. The number of likely N-dealkylation sites (N-methyl/N-ethyl adjacent to an activating group) is 1. The van der Waals surface area contributed by atoms with Crippen molar-refractivity contribution >= 4 is 17.6 Å². The molecule has 1 amide bonds. The number of nitrogens with zero attached hydrogens (tertiary/aromatic N) is 2. The zero-order valence-electron chi connectivity index (χ0n) is 13.1. The Labute approximate surface area is 137 Å². The Morgan fingerprint density at radius 3 is 2.67 bits per heavy atom. The van der Waals surface area contributed by atoms with Gasteiger partial charge in [-0.15, -0.1) is 0 Å². The van der Waals surface area contributed by atoms with E-state index < -0.39 is 28.3 Å². The molecule has 0 aliphatic heterocycles. The predicted octanol–water partition coefficient (Wildman–Crippen LogP) is 1.40. The third-order valence-electron chi connectivity index (χ3n) is 4.11. The van der Waals surface area contributed by atoms with Gasteiger partial charge >= 0.3 is 5.97 Å². The van der Waals surface area contributed by atoms with E-state index in [2.05, 4.69) is 5.32 Å². The summed E-state index contributed by atoms with van der Waals surface area (Å²) in [6.45, 7) is 2.38. The van der Waals surface area contributed by atoms with E-state index in [9.17, 15) is 24.1 Å². The number of hydrogen-bond donors (Lipinski definition) is 2. The maximum Gasteiger partial charge on any atom is 0.317 e. The van der Waals surface area contributed by atoms with E-state index in [-0.39, 0.29) is 24.2 Å². The number of nitro groups is 1. The van der Waals surface area contributed by atoms with E-state index in [0.29, 0.717) is 25.5 Å². The normalized spacial score (nSPS) is 19.6. The SMILES string of the molecule is CCN(CC(=O)O)C1CC(NC(=O)c2ccc(F)cc2[N+](=O)[O-])C1. The van der Waals surface area contributed by atoms with E-state index >= 15 is 0 Å². The van der Waals surface area contributed by atoms with Gasteiger partial charge in [0, 0.05) is 12.1 Å². The van der Waals surface area contributed by atoms with Gasteiger partial charge in [0.05, 0.1) is 17.5 Å². The quantitative estimate of drug-likeness (QED) is 0.573. The molecule has 130 valence electrons. The zero-order valence-corrected chi connectivity index (χ0v) is 13.1. The second-order valence-corrected chi connectivity index (χ2v) is 5.67. The highest BCUT2D eigenvalue weighted by molar-refractivity contribution is 5.98. The molecule has 0 bridgehead atoms. The minimum Gasteiger partial charge on any atom is -0.480 e. The summed E-state index contributed by atoms with van der Waals surface area (Å²) in [5, 5.41) is 22.4. The van der Waals surface area contributed by atoms with Crippen LogP contribution in [0.5, 0.6) is 0 Å². The van der Waals surface area contributed by atoms with Crippen molar-refractivity contribution in [2.75, 3.05) is 13.1 Å². The predicted molar refractivity (Wildman–Crippen MR) is 82.2 cm³/mol. The van der Waals surface area contributed by atoms with E-state index in [1.54, 1.807) is 4.90 Å². The highest BCUT2D eigenvalue weighted by Crippen LogP contribution is 2.27. The smallest absolute Gasteiger partial charge is 0.317 e. The summed E-state index contributed by atoms with van der Waals surface area (Å²) in [7, 11) is 0. The largest absolute Gasteiger partial charge is 0.480 e. The van der Waals surface area contributed by atoms with Crippen LogP contribution in [0.15, 0.2) is 18.2 Å². The number of nitrogens with one attached hydrogen (secondary N) is 1. The van der Waals surface area contributed by atoms with Gasteiger partial charge in [0.1, 0.15) is 11.4 Å². The molecule has 0 radical (unpaired) electrons. The number of carboxylic acids is 1. The van der Waals surface area contributed by atoms with Gasteiger partial charge < -0.3 is 10.4 Å². The van der Waals surface area contributed by atoms with Crippen LogP contribution in [0.4, 0.5) is 10.1 Å². The number of carbonyl (C=O) groups excluding carboxylic acids is 1. The zero-order chi connectivity index (χ0) is 17.9. The van der Waals surface area contributed by atoms with Crippen molar-refractivity contribution in [1.82, 2.24) is 10.2 Å². The minimum atomic E-state index is -0.911. The maximum absolute atomic E-state index is 13.1. The summed E-state index contributed by atoms with van der Waals surface area (Å²) in [5.74, 6) is -2.33. The number of carboxylic acid groups (broad SMARTS) is 1. The molecule has 2 N–H and O–H groups in total. The lowest BCUT2D eigenvalue weighted by molar-refractivity contribution is -0.385. The highest BCUT2D eigenvalue weighted by Gasteiger charge is 2.35. The number of benzene rings is 1. The fourth-order valence-electron chi connectivity index (χ4n) is 2.79. The molecular weight excluding hydrogens is 321 g/mol. The van der Waals surface area contributed by atoms with Gasteiger partial charge in [0.15, 0.2) is 0 Å². The molecular formula is C15H18FN3O5. The number of rotatable bonds is 7. The lowest BCUT2D eigenvalue weighted by Gasteiger charge is -2.42. The Balaban J connectivity index is 1.96. The lowest BCUT2D eigenvalue weighted by Crippen LogP contribution is -2.54. The molecule has 0 spiro atoms. The molecule has 24 heavy (non-hydrogen) atoms. The fraction of sp³-hybridized carbons (Fsp3) is 0.467. The highest BCUT2D eigenvalue weighted by atomic mass is 19.1. The first-order valence-corrected chi connectivity index (χ1v) is 7.52. The second kappa shape index (κ2) is 7.35. The first kappa shape index (κ1) is 17.8. The summed E-state index contributed by atoms with van der Waals surface area (Å²) in [5.41, 5.74) is -0.771. The van der Waals surface area contributed by atoms with Crippen molar-refractivity contribution in [3.8, 4) is 0 Å². The first-order valence-electron chi connectivity index (χ1n) is 7.52. The average molecular weight is 339 g/mol. The molecule has 0 heterocycles. The third-order valence-corrected chi connectivity index (χ3v) is 4.11. The van der Waals surface area contributed by atoms with Gasteiger partial charge in [0.2, 0.25) is 0 Å². The van der Waals surface area contributed by atoms with Gasteiger partial charge in [-0.25, -0.2) is 4.39 Å². The summed E-state index contributed by atoms with van der Waals surface area (Å²) >= 11 is 0. The van der Waals surface area contributed by atoms with Gasteiger partial charge in [-0.05, 0) is 31.5 Å². The minimum absolute atomic E-state index is 0.0552. The molecule has 1 aliphatic carbocycles. The van der Waals surface area contributed by atoms with Crippen molar-refractivity contribution in [2.45, 2.75) is 31.8 Å². The van der Waals surface area contributed by atoms with Crippen LogP contribution >= 0.6 is 0 Å². The summed E-state index contributed by atoms with van der Waals surface area (Å²) < 4.78 is 13.1. The molecule has 1 fully saturated rings. The van der Waals surface area contributed by atoms with E-state index in [1.807, 2.05) is 6.92 Å². The topological polar surface area (TPSA) is 113 Å². The van der Waals surface area contributed by atoms with Crippen LogP contribution in [-0.4, -0.2) is 52.0 Å². The number of amides is 1. The van der Waals surface area contributed by atoms with Gasteiger partial charge in [0.25, 0.3) is 11.6 Å². The van der Waals surface area contributed by atoms with Crippen LogP contribution in [0, 0.1) is 15.9 Å². The summed E-state index contributed by atoms with van der Waals surface area (Å²) in [4.78, 5) is 34.9. The molecule has 0 atom stereocenters. The molecule has 0 aromatic heterocycles. The number of hydrogen-bond acceptors (Lipinski definition) is 5. The van der Waals surface area contributed by atoms with Crippen molar-refractivity contribution in [3.63, 3.8) is 0 Å². The van der Waals surface area contributed by atoms with Crippen molar-refractivity contribution in [1.29, 1.82) is 0 Å². The molecule has 0 saturated heterocycles. The van der Waals surface area contributed by atoms with Crippen molar-refractivity contribution < 1.29 is 24.0 Å². The molecule has 9 heteroatoms. The number of aliphatic carboxylic acids is 1. The van der Waals surface area contributed by atoms with Crippen LogP contribution in [0.1, 0.15) is 30.1 Å². The summed E-state index contributed by atoms with van der Waals surface area (Å²) in [6.07, 6.45) is 1.14. The van der Waals surface area contributed by atoms with Crippen molar-refractivity contribution in [2.24, 2.45) is 0 Å². The van der Waals surface area contributed by atoms with Gasteiger partial charge in [-0.3, -0.25) is 24.6 Å². The molecule has 1 saturated carbocycles. The Kier molecular flexibility index (Phi) is 5.45. The average Bonchev–Trinajstić information content (AvgIpc) is 2.47. The Morgan fingerprint density at radius 1 is 1.46 bits per heavy atom. The fourth-order valence-corrected chi connectivity index (χ4v) is 2.79. The standard InChI is InChI=1S/C15H18FN3O5/c1-2-18(8-14(20)21)11-6-10(7-11)17-15(22)12-4-3-9(16)5-13(12)19(23)24/h3-5,10-11H,2,6-8H2,1H3,(H,17,22)(H,20,21). The van der Waals surface area contributed by atoms with E-state index in [0.717, 1.165) is 12.1 Å². The lowest BCUT2D eigenvalue weighted by atomic mass is 9.85. The van der Waals surface area contributed by atoms with E-state index in [4.69, 9.17) is 5.11 Å². The molecule has 1 aromatic carbocycles. The first-order chi connectivity index (χ1) is 11.3. The summed E-state index contributed by atoms with van der Waals surface area (Å²) in [6, 6.07) is 2.66. The Hall–Kier alpha value is -2.55. The number of nitro benzene ring substituents is 1.